The maximum absolute atomic E-state index is 12.7. The topological polar surface area (TPSA) is 79.0 Å². The number of nitrogens with one attached hydrogen (secondary N) is 2. The van der Waals surface area contributed by atoms with Gasteiger partial charge in [-0.05, 0) is 49.6 Å². The SMILES string of the molecule is CCc1[nH]c2c(C(=O)NS(=O)(=O)c3cccc(Cl)c3C)cccc2c1C. The number of sulfonamides is 1. The molecule has 0 saturated heterocycles. The zero-order chi connectivity index (χ0) is 19.1. The first-order valence-electron chi connectivity index (χ1n) is 8.18. The Bertz CT molecular complexity index is 1120. The molecule has 0 fully saturated rings. The molecule has 0 bridgehead atoms. The summed E-state index contributed by atoms with van der Waals surface area (Å²) in [5.74, 6) is -0.682. The fraction of sp³-hybridized carbons (Fsp3) is 0.211. The fourth-order valence-electron chi connectivity index (χ4n) is 3.06. The summed E-state index contributed by atoms with van der Waals surface area (Å²) in [4.78, 5) is 15.9. The van der Waals surface area contributed by atoms with Crippen LogP contribution in [-0.2, 0) is 16.4 Å². The molecule has 2 N–H and O–H groups in total. The minimum atomic E-state index is -4.04. The predicted molar refractivity (Wildman–Crippen MR) is 103 cm³/mol. The first-order valence-corrected chi connectivity index (χ1v) is 10.0. The monoisotopic (exact) mass is 390 g/mol. The Labute approximate surface area is 157 Å². The highest BCUT2D eigenvalue weighted by atomic mass is 35.5. The number of hydrogen-bond acceptors (Lipinski definition) is 3. The van der Waals surface area contributed by atoms with Crippen molar-refractivity contribution in [3.63, 3.8) is 0 Å². The van der Waals surface area contributed by atoms with Gasteiger partial charge in [0.25, 0.3) is 15.9 Å². The highest BCUT2D eigenvalue weighted by Crippen LogP contribution is 2.26. The number of amides is 1. The van der Waals surface area contributed by atoms with E-state index in [0.717, 1.165) is 23.1 Å². The number of aromatic amines is 1. The summed E-state index contributed by atoms with van der Waals surface area (Å²) in [6.45, 7) is 5.60. The molecule has 0 aliphatic heterocycles. The van der Waals surface area contributed by atoms with E-state index in [4.69, 9.17) is 11.6 Å². The van der Waals surface area contributed by atoms with Crippen molar-refractivity contribution in [3.8, 4) is 0 Å². The molecule has 3 aromatic rings. The van der Waals surface area contributed by atoms with Crippen molar-refractivity contribution in [1.82, 2.24) is 9.71 Å². The molecule has 5 nitrogen and oxygen atoms in total. The van der Waals surface area contributed by atoms with Crippen molar-refractivity contribution < 1.29 is 13.2 Å². The molecule has 0 aliphatic rings. The van der Waals surface area contributed by atoms with Gasteiger partial charge in [-0.15, -0.1) is 0 Å². The molecular weight excluding hydrogens is 372 g/mol. The Kier molecular flexibility index (Phi) is 4.82. The lowest BCUT2D eigenvalue weighted by Gasteiger charge is -2.11. The van der Waals surface area contributed by atoms with E-state index in [9.17, 15) is 13.2 Å². The van der Waals surface area contributed by atoms with Gasteiger partial charge < -0.3 is 4.98 Å². The minimum Gasteiger partial charge on any atom is -0.358 e. The molecule has 2 aromatic carbocycles. The average molecular weight is 391 g/mol. The van der Waals surface area contributed by atoms with E-state index in [1.807, 2.05) is 19.9 Å². The quantitative estimate of drug-likeness (QED) is 0.703. The lowest BCUT2D eigenvalue weighted by atomic mass is 10.1. The summed E-state index contributed by atoms with van der Waals surface area (Å²) in [6, 6.07) is 9.82. The molecule has 0 saturated carbocycles. The van der Waals surface area contributed by atoms with Crippen LogP contribution in [0.4, 0.5) is 0 Å². The van der Waals surface area contributed by atoms with Gasteiger partial charge in [-0.3, -0.25) is 4.79 Å². The number of fused-ring (bicyclic) bond motifs is 1. The number of H-pyrrole nitrogens is 1. The van der Waals surface area contributed by atoms with Gasteiger partial charge >= 0.3 is 0 Å². The molecule has 3 rings (SSSR count). The zero-order valence-electron chi connectivity index (χ0n) is 14.7. The molecule has 0 aliphatic carbocycles. The second-order valence-corrected chi connectivity index (χ2v) is 8.17. The van der Waals surface area contributed by atoms with Crippen LogP contribution in [-0.4, -0.2) is 19.3 Å². The second-order valence-electron chi connectivity index (χ2n) is 6.11. The molecule has 0 unspecified atom stereocenters. The molecule has 1 amide bonds. The smallest absolute Gasteiger partial charge is 0.267 e. The Morgan fingerprint density at radius 2 is 1.81 bits per heavy atom. The average Bonchev–Trinajstić information content (AvgIpc) is 2.93. The van der Waals surface area contributed by atoms with Gasteiger partial charge in [-0.2, -0.15) is 0 Å². The number of aryl methyl sites for hydroxylation is 2. The number of para-hydroxylation sites is 1. The van der Waals surface area contributed by atoms with Crippen molar-refractivity contribution in [1.29, 1.82) is 0 Å². The van der Waals surface area contributed by atoms with Crippen LogP contribution in [0.2, 0.25) is 5.02 Å². The van der Waals surface area contributed by atoms with E-state index in [1.165, 1.54) is 12.1 Å². The van der Waals surface area contributed by atoms with Gasteiger partial charge in [0.05, 0.1) is 16.0 Å². The lowest BCUT2D eigenvalue weighted by Crippen LogP contribution is -2.31. The first-order chi connectivity index (χ1) is 12.3. The fourth-order valence-corrected chi connectivity index (χ4v) is 4.53. The van der Waals surface area contributed by atoms with Gasteiger partial charge in [0.1, 0.15) is 0 Å². The summed E-state index contributed by atoms with van der Waals surface area (Å²) in [5, 5.41) is 1.24. The lowest BCUT2D eigenvalue weighted by molar-refractivity contribution is 0.0983. The molecule has 26 heavy (non-hydrogen) atoms. The Balaban J connectivity index is 2.03. The van der Waals surface area contributed by atoms with Crippen molar-refractivity contribution in [3.05, 3.63) is 63.8 Å². The molecule has 1 aromatic heterocycles. The third kappa shape index (κ3) is 3.10. The number of carbonyl (C=O) groups is 1. The third-order valence-electron chi connectivity index (χ3n) is 4.53. The maximum atomic E-state index is 12.7. The Morgan fingerprint density at radius 3 is 2.50 bits per heavy atom. The van der Waals surface area contributed by atoms with E-state index in [0.29, 0.717) is 16.1 Å². The predicted octanol–water partition coefficient (Wildman–Crippen LogP) is 4.12. The number of halogens is 1. The normalized spacial score (nSPS) is 11.7. The summed E-state index contributed by atoms with van der Waals surface area (Å²) < 4.78 is 27.5. The Morgan fingerprint density at radius 1 is 1.12 bits per heavy atom. The van der Waals surface area contributed by atoms with Crippen LogP contribution in [0, 0.1) is 13.8 Å². The highest BCUT2D eigenvalue weighted by Gasteiger charge is 2.23. The van der Waals surface area contributed by atoms with Crippen LogP contribution in [0.1, 0.15) is 34.1 Å². The van der Waals surface area contributed by atoms with E-state index >= 15 is 0 Å². The maximum Gasteiger partial charge on any atom is 0.267 e. The standard InChI is InChI=1S/C19H19ClN2O3S/c1-4-16-11(2)13-7-5-8-14(18(13)21-16)19(23)22-26(24,25)17-10-6-9-15(20)12(17)3/h5-10,21H,4H2,1-3H3,(H,22,23). The summed E-state index contributed by atoms with van der Waals surface area (Å²) >= 11 is 6.01. The molecule has 0 atom stereocenters. The minimum absolute atomic E-state index is 0.0116. The van der Waals surface area contributed by atoms with E-state index in [1.54, 1.807) is 25.1 Å². The molecular formula is C19H19ClN2O3S. The molecule has 136 valence electrons. The van der Waals surface area contributed by atoms with Crippen molar-refractivity contribution in [2.75, 3.05) is 0 Å². The van der Waals surface area contributed by atoms with Gasteiger partial charge in [0, 0.05) is 16.1 Å². The van der Waals surface area contributed by atoms with Crippen LogP contribution < -0.4 is 4.72 Å². The van der Waals surface area contributed by atoms with Gasteiger partial charge in [-0.1, -0.05) is 36.7 Å². The van der Waals surface area contributed by atoms with Crippen LogP contribution >= 0.6 is 11.6 Å². The summed E-state index contributed by atoms with van der Waals surface area (Å²) in [5.41, 5.74) is 3.40. The first kappa shape index (κ1) is 18.5. The van der Waals surface area contributed by atoms with Crippen LogP contribution in [0.3, 0.4) is 0 Å². The molecule has 0 radical (unpaired) electrons. The largest absolute Gasteiger partial charge is 0.358 e. The third-order valence-corrected chi connectivity index (χ3v) is 6.41. The van der Waals surface area contributed by atoms with Crippen LogP contribution in [0.5, 0.6) is 0 Å². The van der Waals surface area contributed by atoms with Crippen molar-refractivity contribution in [2.24, 2.45) is 0 Å². The zero-order valence-corrected chi connectivity index (χ0v) is 16.3. The van der Waals surface area contributed by atoms with Crippen LogP contribution in [0.15, 0.2) is 41.3 Å². The van der Waals surface area contributed by atoms with E-state index in [-0.39, 0.29) is 10.5 Å². The second kappa shape index (κ2) is 6.78. The van der Waals surface area contributed by atoms with Gasteiger partial charge in [-0.25, -0.2) is 13.1 Å². The number of benzene rings is 2. The van der Waals surface area contributed by atoms with Crippen molar-refractivity contribution >= 4 is 38.4 Å². The molecule has 7 heteroatoms. The molecule has 1 heterocycles. The number of rotatable bonds is 4. The van der Waals surface area contributed by atoms with Gasteiger partial charge in [0.15, 0.2) is 0 Å². The van der Waals surface area contributed by atoms with Gasteiger partial charge in [0.2, 0.25) is 0 Å². The number of carbonyl (C=O) groups excluding carboxylic acids is 1. The van der Waals surface area contributed by atoms with E-state index in [2.05, 4.69) is 9.71 Å². The summed E-state index contributed by atoms with van der Waals surface area (Å²) in [7, 11) is -4.04. The number of aromatic nitrogens is 1. The number of hydrogen-bond donors (Lipinski definition) is 2. The summed E-state index contributed by atoms with van der Waals surface area (Å²) in [6.07, 6.45) is 0.793. The van der Waals surface area contributed by atoms with E-state index < -0.39 is 15.9 Å². The van der Waals surface area contributed by atoms with Crippen LogP contribution in [0.25, 0.3) is 10.9 Å². The van der Waals surface area contributed by atoms with Crippen molar-refractivity contribution in [2.45, 2.75) is 32.1 Å². The molecule has 0 spiro atoms. The highest BCUT2D eigenvalue weighted by molar-refractivity contribution is 7.90. The Hall–Kier alpha value is -2.31.